The molecule has 1 aromatic rings. The molecule has 1 unspecified atom stereocenters. The van der Waals surface area contributed by atoms with Crippen LogP contribution in [0.4, 0.5) is 0 Å². The van der Waals surface area contributed by atoms with Crippen LogP contribution in [0.5, 0.6) is 0 Å². The quantitative estimate of drug-likeness (QED) is 0.777. The van der Waals surface area contributed by atoms with Gasteiger partial charge in [0.25, 0.3) is 0 Å². The lowest BCUT2D eigenvalue weighted by Crippen LogP contribution is -2.26. The SMILES string of the molecule is Clc1ccc(C2CCCCN2)cc1I. The average molecular weight is 322 g/mol. The van der Waals surface area contributed by atoms with Gasteiger partial charge in [-0.3, -0.25) is 0 Å². The first-order chi connectivity index (χ1) is 6.77. The van der Waals surface area contributed by atoms with Crippen molar-refractivity contribution in [3.05, 3.63) is 32.4 Å². The summed E-state index contributed by atoms with van der Waals surface area (Å²) in [7, 11) is 0. The molecule has 1 aliphatic rings. The van der Waals surface area contributed by atoms with Crippen LogP contribution < -0.4 is 5.32 Å². The molecule has 0 saturated carbocycles. The van der Waals surface area contributed by atoms with E-state index in [1.165, 1.54) is 24.8 Å². The molecule has 1 N–H and O–H groups in total. The molecule has 0 bridgehead atoms. The maximum Gasteiger partial charge on any atom is 0.0539 e. The number of benzene rings is 1. The van der Waals surface area contributed by atoms with Crippen molar-refractivity contribution >= 4 is 34.2 Å². The smallest absolute Gasteiger partial charge is 0.0539 e. The van der Waals surface area contributed by atoms with E-state index in [1.807, 2.05) is 6.07 Å². The Morgan fingerprint density at radius 2 is 2.21 bits per heavy atom. The Bertz CT molecular complexity index is 321. The van der Waals surface area contributed by atoms with Gasteiger partial charge in [0.15, 0.2) is 0 Å². The Labute approximate surface area is 103 Å². The second-order valence-electron chi connectivity index (χ2n) is 3.68. The summed E-state index contributed by atoms with van der Waals surface area (Å²) < 4.78 is 1.15. The Balaban J connectivity index is 2.18. The molecular formula is C11H13ClIN. The Hall–Kier alpha value is 0.200. The minimum Gasteiger partial charge on any atom is -0.310 e. The number of piperidine rings is 1. The second-order valence-corrected chi connectivity index (χ2v) is 5.25. The molecule has 1 heterocycles. The zero-order valence-electron chi connectivity index (χ0n) is 7.89. The molecule has 3 heteroatoms. The summed E-state index contributed by atoms with van der Waals surface area (Å²) in [4.78, 5) is 0. The highest BCUT2D eigenvalue weighted by Crippen LogP contribution is 2.27. The van der Waals surface area contributed by atoms with Gasteiger partial charge in [-0.25, -0.2) is 0 Å². The number of hydrogen-bond acceptors (Lipinski definition) is 1. The minimum atomic E-state index is 0.537. The summed E-state index contributed by atoms with van der Waals surface area (Å²) in [6.45, 7) is 1.14. The Morgan fingerprint density at radius 1 is 1.36 bits per heavy atom. The third-order valence-electron chi connectivity index (χ3n) is 2.66. The summed E-state index contributed by atoms with van der Waals surface area (Å²) in [5.41, 5.74) is 1.37. The fourth-order valence-electron chi connectivity index (χ4n) is 1.87. The van der Waals surface area contributed by atoms with Crippen molar-refractivity contribution in [3.63, 3.8) is 0 Å². The highest BCUT2D eigenvalue weighted by molar-refractivity contribution is 14.1. The van der Waals surface area contributed by atoms with Gasteiger partial charge < -0.3 is 5.32 Å². The van der Waals surface area contributed by atoms with Crippen LogP contribution in [0.15, 0.2) is 18.2 Å². The highest BCUT2D eigenvalue weighted by Gasteiger charge is 2.14. The van der Waals surface area contributed by atoms with Gasteiger partial charge in [-0.15, -0.1) is 0 Å². The van der Waals surface area contributed by atoms with E-state index in [0.29, 0.717) is 6.04 Å². The molecule has 14 heavy (non-hydrogen) atoms. The second kappa shape index (κ2) is 4.81. The fourth-order valence-corrected chi connectivity index (χ4v) is 2.52. The summed E-state index contributed by atoms with van der Waals surface area (Å²) in [5, 5.41) is 4.39. The predicted octanol–water partition coefficient (Wildman–Crippen LogP) is 3.76. The standard InChI is InChI=1S/C11H13ClIN/c12-9-5-4-8(7-10(9)13)11-3-1-2-6-14-11/h4-5,7,11,14H,1-3,6H2. The molecule has 0 amide bonds. The number of halogens is 2. The van der Waals surface area contributed by atoms with Crippen LogP contribution in [0.3, 0.4) is 0 Å². The lowest BCUT2D eigenvalue weighted by Gasteiger charge is -2.24. The Kier molecular flexibility index (Phi) is 3.68. The van der Waals surface area contributed by atoms with Crippen molar-refractivity contribution in [3.8, 4) is 0 Å². The highest BCUT2D eigenvalue weighted by atomic mass is 127. The van der Waals surface area contributed by atoms with Gasteiger partial charge in [-0.05, 0) is 59.7 Å². The molecule has 1 aliphatic heterocycles. The van der Waals surface area contributed by atoms with Crippen molar-refractivity contribution < 1.29 is 0 Å². The van der Waals surface area contributed by atoms with E-state index >= 15 is 0 Å². The molecular weight excluding hydrogens is 308 g/mol. The van der Waals surface area contributed by atoms with Crippen LogP contribution in [0, 0.1) is 3.57 Å². The van der Waals surface area contributed by atoms with Gasteiger partial charge >= 0.3 is 0 Å². The van der Waals surface area contributed by atoms with E-state index < -0.39 is 0 Å². The summed E-state index contributed by atoms with van der Waals surface area (Å²) in [5.74, 6) is 0. The third kappa shape index (κ3) is 2.41. The first-order valence-electron chi connectivity index (χ1n) is 4.96. The van der Waals surface area contributed by atoms with Crippen LogP contribution in [-0.4, -0.2) is 6.54 Å². The lowest BCUT2D eigenvalue weighted by molar-refractivity contribution is 0.412. The van der Waals surface area contributed by atoms with Gasteiger partial charge in [0.1, 0.15) is 0 Å². The van der Waals surface area contributed by atoms with Crippen LogP contribution >= 0.6 is 34.2 Å². The van der Waals surface area contributed by atoms with Crippen LogP contribution in [0.2, 0.25) is 5.02 Å². The van der Waals surface area contributed by atoms with Gasteiger partial charge in [-0.2, -0.15) is 0 Å². The number of hydrogen-bond donors (Lipinski definition) is 1. The van der Waals surface area contributed by atoms with Crippen molar-refractivity contribution in [2.24, 2.45) is 0 Å². The van der Waals surface area contributed by atoms with Crippen LogP contribution in [0.25, 0.3) is 0 Å². The molecule has 0 aromatic heterocycles. The van der Waals surface area contributed by atoms with E-state index in [2.05, 4.69) is 40.0 Å². The minimum absolute atomic E-state index is 0.537. The molecule has 1 fully saturated rings. The summed E-state index contributed by atoms with van der Waals surface area (Å²) in [6.07, 6.45) is 3.88. The molecule has 76 valence electrons. The molecule has 1 saturated heterocycles. The molecule has 1 nitrogen and oxygen atoms in total. The maximum atomic E-state index is 5.99. The van der Waals surface area contributed by atoms with E-state index in [4.69, 9.17) is 11.6 Å². The zero-order chi connectivity index (χ0) is 9.97. The largest absolute Gasteiger partial charge is 0.310 e. The molecule has 0 aliphatic carbocycles. The molecule has 1 atom stereocenters. The Morgan fingerprint density at radius 3 is 2.86 bits per heavy atom. The van der Waals surface area contributed by atoms with Crippen molar-refractivity contribution in [2.45, 2.75) is 25.3 Å². The van der Waals surface area contributed by atoms with Crippen molar-refractivity contribution in [1.82, 2.24) is 5.32 Å². The first kappa shape index (κ1) is 10.7. The van der Waals surface area contributed by atoms with Gasteiger partial charge in [0.2, 0.25) is 0 Å². The first-order valence-corrected chi connectivity index (χ1v) is 6.41. The lowest BCUT2D eigenvalue weighted by atomic mass is 9.98. The van der Waals surface area contributed by atoms with Crippen molar-refractivity contribution in [2.75, 3.05) is 6.54 Å². The van der Waals surface area contributed by atoms with Gasteiger partial charge in [0.05, 0.1) is 5.02 Å². The summed E-state index contributed by atoms with van der Waals surface area (Å²) in [6, 6.07) is 6.85. The molecule has 0 radical (unpaired) electrons. The van der Waals surface area contributed by atoms with E-state index in [1.54, 1.807) is 0 Å². The molecule has 0 spiro atoms. The van der Waals surface area contributed by atoms with Crippen LogP contribution in [-0.2, 0) is 0 Å². The molecule has 1 aromatic carbocycles. The fraction of sp³-hybridized carbons (Fsp3) is 0.455. The maximum absolute atomic E-state index is 5.99. The van der Waals surface area contributed by atoms with E-state index in [-0.39, 0.29) is 0 Å². The topological polar surface area (TPSA) is 12.0 Å². The zero-order valence-corrected chi connectivity index (χ0v) is 10.8. The third-order valence-corrected chi connectivity index (χ3v) is 4.20. The average Bonchev–Trinajstić information content (AvgIpc) is 2.23. The predicted molar refractivity (Wildman–Crippen MR) is 68.8 cm³/mol. The van der Waals surface area contributed by atoms with E-state index in [9.17, 15) is 0 Å². The number of rotatable bonds is 1. The van der Waals surface area contributed by atoms with Crippen LogP contribution in [0.1, 0.15) is 30.9 Å². The number of nitrogens with one attached hydrogen (secondary N) is 1. The van der Waals surface area contributed by atoms with Gasteiger partial charge in [0, 0.05) is 9.61 Å². The monoisotopic (exact) mass is 321 g/mol. The molecule has 2 rings (SSSR count). The summed E-state index contributed by atoms with van der Waals surface area (Å²) >= 11 is 8.28. The van der Waals surface area contributed by atoms with Crippen molar-refractivity contribution in [1.29, 1.82) is 0 Å². The normalized spacial score (nSPS) is 22.3. The van der Waals surface area contributed by atoms with Gasteiger partial charge in [-0.1, -0.05) is 24.1 Å². The van der Waals surface area contributed by atoms with E-state index in [0.717, 1.165) is 15.1 Å².